The van der Waals surface area contributed by atoms with Gasteiger partial charge in [0.2, 0.25) is 0 Å². The fraction of sp³-hybridized carbons (Fsp3) is 0.176. The molecule has 0 fully saturated rings. The van der Waals surface area contributed by atoms with Gasteiger partial charge in [0, 0.05) is 11.1 Å². The average molecular weight is 238 g/mol. The Morgan fingerprint density at radius 2 is 1.22 bits per heavy atom. The van der Waals surface area contributed by atoms with E-state index in [1.54, 1.807) is 0 Å². The smallest absolute Gasteiger partial charge is 0.109 e. The molecule has 1 heteroatoms. The maximum absolute atomic E-state index is 4.00. The summed E-state index contributed by atoms with van der Waals surface area (Å²) in [5.74, 6) is 0. The van der Waals surface area contributed by atoms with Gasteiger partial charge in [-0.05, 0) is 6.58 Å². The van der Waals surface area contributed by atoms with Crippen LogP contribution in [0.2, 0.25) is 0 Å². The lowest BCUT2D eigenvalue weighted by atomic mass is 10.1. The fourth-order valence-electron chi connectivity index (χ4n) is 2.19. The summed E-state index contributed by atoms with van der Waals surface area (Å²) in [6, 6.07) is 21.1. The first-order valence-corrected chi connectivity index (χ1v) is 6.27. The summed E-state index contributed by atoms with van der Waals surface area (Å²) >= 11 is 0. The Labute approximate surface area is 110 Å². The molecule has 92 valence electrons. The van der Waals surface area contributed by atoms with Crippen molar-refractivity contribution in [3.8, 4) is 0 Å². The molecule has 0 saturated heterocycles. The van der Waals surface area contributed by atoms with Crippen molar-refractivity contribution in [3.05, 3.63) is 84.6 Å². The Morgan fingerprint density at radius 1 is 0.833 bits per heavy atom. The molecule has 0 bridgehead atoms. The van der Waals surface area contributed by atoms with Gasteiger partial charge in [-0.25, -0.2) is 0 Å². The van der Waals surface area contributed by atoms with E-state index in [1.165, 1.54) is 11.1 Å². The van der Waals surface area contributed by atoms with Gasteiger partial charge in [0.15, 0.2) is 0 Å². The van der Waals surface area contributed by atoms with Crippen LogP contribution in [-0.2, 0) is 13.1 Å². The van der Waals surface area contributed by atoms with E-state index in [9.17, 15) is 0 Å². The van der Waals surface area contributed by atoms with Crippen LogP contribution < -0.4 is 0 Å². The zero-order chi connectivity index (χ0) is 12.8. The minimum absolute atomic E-state index is 0.814. The highest BCUT2D eigenvalue weighted by molar-refractivity contribution is 5.15. The van der Waals surface area contributed by atoms with Crippen molar-refractivity contribution < 1.29 is 4.48 Å². The summed E-state index contributed by atoms with van der Waals surface area (Å²) < 4.78 is 0.814. The van der Waals surface area contributed by atoms with Gasteiger partial charge < -0.3 is 0 Å². The molecule has 0 N–H and O–H groups in total. The lowest BCUT2D eigenvalue weighted by Gasteiger charge is -2.30. The normalized spacial score (nSPS) is 11.2. The predicted octanol–water partition coefficient (Wildman–Crippen LogP) is 3.98. The molecule has 0 aromatic heterocycles. The van der Waals surface area contributed by atoms with Crippen molar-refractivity contribution in [1.29, 1.82) is 0 Å². The highest BCUT2D eigenvalue weighted by Crippen LogP contribution is 2.17. The summed E-state index contributed by atoms with van der Waals surface area (Å²) in [7, 11) is 2.22. The Hall–Kier alpha value is -1.86. The third-order valence-corrected chi connectivity index (χ3v) is 3.21. The molecular weight excluding hydrogens is 218 g/mol. The topological polar surface area (TPSA) is 0 Å². The molecule has 0 saturated carbocycles. The molecule has 0 heterocycles. The zero-order valence-electron chi connectivity index (χ0n) is 10.9. The summed E-state index contributed by atoms with van der Waals surface area (Å²) in [6.07, 6.45) is 2.03. The lowest BCUT2D eigenvalue weighted by Crippen LogP contribution is -2.36. The van der Waals surface area contributed by atoms with E-state index < -0.39 is 0 Å². The average Bonchev–Trinajstić information content (AvgIpc) is 2.41. The Bertz CT molecular complexity index is 446. The molecule has 1 nitrogen and oxygen atoms in total. The van der Waals surface area contributed by atoms with Crippen LogP contribution in [0.1, 0.15) is 11.1 Å². The maximum atomic E-state index is 4.00. The van der Waals surface area contributed by atoms with Gasteiger partial charge in [-0.15, -0.1) is 0 Å². The van der Waals surface area contributed by atoms with Gasteiger partial charge in [0.25, 0.3) is 0 Å². The predicted molar refractivity (Wildman–Crippen MR) is 76.7 cm³/mol. The van der Waals surface area contributed by atoms with E-state index in [0.717, 1.165) is 17.6 Å². The molecule has 2 aromatic carbocycles. The lowest BCUT2D eigenvalue weighted by molar-refractivity contribution is -0.886. The number of rotatable bonds is 5. The molecule has 0 radical (unpaired) electrons. The van der Waals surface area contributed by atoms with Gasteiger partial charge in [0.05, 0.1) is 13.2 Å². The van der Waals surface area contributed by atoms with Gasteiger partial charge in [-0.2, -0.15) is 0 Å². The molecule has 18 heavy (non-hydrogen) atoms. The van der Waals surface area contributed by atoms with Crippen LogP contribution in [0.5, 0.6) is 0 Å². The van der Waals surface area contributed by atoms with Gasteiger partial charge in [0.1, 0.15) is 13.1 Å². The second kappa shape index (κ2) is 5.65. The Balaban J connectivity index is 2.13. The van der Waals surface area contributed by atoms with E-state index in [1.807, 2.05) is 6.20 Å². The van der Waals surface area contributed by atoms with Crippen LogP contribution in [0, 0.1) is 0 Å². The number of hydrogen-bond donors (Lipinski definition) is 0. The van der Waals surface area contributed by atoms with E-state index in [2.05, 4.69) is 74.3 Å². The molecule has 0 spiro atoms. The minimum atomic E-state index is 0.814. The summed E-state index contributed by atoms with van der Waals surface area (Å²) in [5, 5.41) is 0. The molecule has 0 unspecified atom stereocenters. The second-order valence-electron chi connectivity index (χ2n) is 4.95. The van der Waals surface area contributed by atoms with Crippen molar-refractivity contribution in [3.63, 3.8) is 0 Å². The molecule has 0 aliphatic rings. The summed E-state index contributed by atoms with van der Waals surface area (Å²) in [5.41, 5.74) is 2.69. The SMILES string of the molecule is C=C[N+](C)(Cc1ccccc1)Cc1ccccc1. The Morgan fingerprint density at radius 3 is 1.56 bits per heavy atom. The highest BCUT2D eigenvalue weighted by atomic mass is 15.3. The number of nitrogens with zero attached hydrogens (tertiary/aromatic N) is 1. The molecule has 0 amide bonds. The maximum Gasteiger partial charge on any atom is 0.109 e. The summed E-state index contributed by atoms with van der Waals surface area (Å²) in [4.78, 5) is 0. The third-order valence-electron chi connectivity index (χ3n) is 3.21. The quantitative estimate of drug-likeness (QED) is 0.691. The van der Waals surface area contributed by atoms with Crippen molar-refractivity contribution in [2.24, 2.45) is 0 Å². The Kier molecular flexibility index (Phi) is 3.96. The van der Waals surface area contributed by atoms with Gasteiger partial charge in [-0.1, -0.05) is 60.7 Å². The van der Waals surface area contributed by atoms with E-state index in [-0.39, 0.29) is 0 Å². The standard InChI is InChI=1S/C17H20N/c1-3-18(2,14-16-10-6-4-7-11-16)15-17-12-8-5-9-13-17/h3-13H,1,14-15H2,2H3/q+1. The van der Waals surface area contributed by atoms with E-state index in [4.69, 9.17) is 0 Å². The van der Waals surface area contributed by atoms with Gasteiger partial charge in [-0.3, -0.25) is 4.48 Å². The van der Waals surface area contributed by atoms with Crippen molar-refractivity contribution in [2.75, 3.05) is 7.05 Å². The van der Waals surface area contributed by atoms with E-state index >= 15 is 0 Å². The van der Waals surface area contributed by atoms with Crippen molar-refractivity contribution >= 4 is 0 Å². The molecule has 0 aliphatic carbocycles. The van der Waals surface area contributed by atoms with Gasteiger partial charge >= 0.3 is 0 Å². The number of quaternary nitrogens is 1. The van der Waals surface area contributed by atoms with Crippen molar-refractivity contribution in [1.82, 2.24) is 0 Å². The minimum Gasteiger partial charge on any atom is -0.293 e. The first-order valence-electron chi connectivity index (χ1n) is 6.27. The number of hydrogen-bond acceptors (Lipinski definition) is 0. The molecule has 2 rings (SSSR count). The first kappa shape index (κ1) is 12.6. The van der Waals surface area contributed by atoms with Crippen molar-refractivity contribution in [2.45, 2.75) is 13.1 Å². The van der Waals surface area contributed by atoms with E-state index in [0.29, 0.717) is 0 Å². The zero-order valence-corrected chi connectivity index (χ0v) is 10.9. The van der Waals surface area contributed by atoms with Crippen LogP contribution in [0.25, 0.3) is 0 Å². The molecule has 2 aromatic rings. The van der Waals surface area contributed by atoms with Crippen LogP contribution in [0.4, 0.5) is 0 Å². The fourth-order valence-corrected chi connectivity index (χ4v) is 2.19. The largest absolute Gasteiger partial charge is 0.293 e. The van der Waals surface area contributed by atoms with Crippen LogP contribution in [0.3, 0.4) is 0 Å². The van der Waals surface area contributed by atoms with Crippen LogP contribution in [0.15, 0.2) is 73.4 Å². The first-order chi connectivity index (χ1) is 8.72. The molecule has 0 aliphatic heterocycles. The molecule has 0 atom stereocenters. The van der Waals surface area contributed by atoms with Crippen LogP contribution in [-0.4, -0.2) is 11.5 Å². The number of benzene rings is 2. The summed E-state index contributed by atoms with van der Waals surface area (Å²) in [6.45, 7) is 5.94. The second-order valence-corrected chi connectivity index (χ2v) is 4.95. The highest BCUT2D eigenvalue weighted by Gasteiger charge is 2.18. The van der Waals surface area contributed by atoms with Crippen LogP contribution >= 0.6 is 0 Å². The monoisotopic (exact) mass is 238 g/mol. The molecular formula is C17H20N+. The third kappa shape index (κ3) is 3.31.